The lowest BCUT2D eigenvalue weighted by Crippen LogP contribution is -2.54. The number of aliphatic hydroxyl groups is 1. The van der Waals surface area contributed by atoms with E-state index in [1.807, 2.05) is 27.7 Å². The van der Waals surface area contributed by atoms with E-state index in [9.17, 15) is 15.0 Å². The zero-order valence-corrected chi connectivity index (χ0v) is 15.0. The molecular formula is C19H27NO4. The molecule has 5 nitrogen and oxygen atoms in total. The quantitative estimate of drug-likeness (QED) is 0.872. The van der Waals surface area contributed by atoms with E-state index in [4.69, 9.17) is 4.74 Å². The molecule has 2 heterocycles. The third kappa shape index (κ3) is 2.46. The summed E-state index contributed by atoms with van der Waals surface area (Å²) >= 11 is 0. The summed E-state index contributed by atoms with van der Waals surface area (Å²) < 4.78 is 6.25. The summed E-state index contributed by atoms with van der Waals surface area (Å²) in [5.74, 6) is 1.03. The smallest absolute Gasteiger partial charge is 0.266 e. The van der Waals surface area contributed by atoms with Crippen molar-refractivity contribution in [1.29, 1.82) is 0 Å². The molecule has 1 fully saturated rings. The van der Waals surface area contributed by atoms with E-state index < -0.39 is 5.60 Å². The van der Waals surface area contributed by atoms with Crippen LogP contribution in [0.4, 0.5) is 0 Å². The van der Waals surface area contributed by atoms with E-state index in [0.29, 0.717) is 25.1 Å². The van der Waals surface area contributed by atoms with E-state index in [2.05, 4.69) is 0 Å². The number of aromatic hydroxyl groups is 1. The van der Waals surface area contributed by atoms with Crippen LogP contribution in [-0.4, -0.2) is 45.8 Å². The minimum Gasteiger partial charge on any atom is -0.507 e. The lowest BCUT2D eigenvalue weighted by molar-refractivity contribution is -0.150. The van der Waals surface area contributed by atoms with E-state index in [0.717, 1.165) is 40.8 Å². The summed E-state index contributed by atoms with van der Waals surface area (Å²) in [7, 11) is 0. The van der Waals surface area contributed by atoms with Crippen molar-refractivity contribution in [2.24, 2.45) is 0 Å². The Kier molecular flexibility index (Phi) is 4.24. The zero-order chi connectivity index (χ0) is 17.6. The van der Waals surface area contributed by atoms with Gasteiger partial charge >= 0.3 is 0 Å². The molecule has 1 amide bonds. The van der Waals surface area contributed by atoms with Crippen molar-refractivity contribution in [2.45, 2.75) is 65.0 Å². The summed E-state index contributed by atoms with van der Waals surface area (Å²) in [4.78, 5) is 14.9. The maximum atomic E-state index is 13.1. The summed E-state index contributed by atoms with van der Waals surface area (Å²) in [6.07, 6.45) is 3.06. The van der Waals surface area contributed by atoms with Crippen molar-refractivity contribution in [1.82, 2.24) is 4.90 Å². The Hall–Kier alpha value is -1.75. The third-order valence-electron chi connectivity index (χ3n) is 5.82. The molecule has 1 aromatic carbocycles. The number of carbonyl (C=O) groups is 1. The molecule has 0 aliphatic carbocycles. The van der Waals surface area contributed by atoms with Gasteiger partial charge in [-0.05, 0) is 63.6 Å². The lowest BCUT2D eigenvalue weighted by atomic mass is 9.86. The van der Waals surface area contributed by atoms with Crippen molar-refractivity contribution < 1.29 is 19.7 Å². The molecular weight excluding hydrogens is 306 g/mol. The molecule has 2 N–H and O–H groups in total. The number of likely N-dealkylation sites (tertiary alicyclic amines) is 1. The SMILES string of the molecule is Cc1c(C)c2c(c(C)c1O)CCC(C)(C(=O)N1CCCC1CO)O2. The second-order valence-corrected chi connectivity index (χ2v) is 7.34. The highest BCUT2D eigenvalue weighted by atomic mass is 16.5. The molecule has 24 heavy (non-hydrogen) atoms. The standard InChI is InChI=1S/C19H27NO4/c1-11-12(2)17-15(13(3)16(11)22)7-8-19(4,24-17)18(23)20-9-5-6-14(20)10-21/h14,21-22H,5-10H2,1-4H3. The minimum absolute atomic E-state index is 0.00350. The fraction of sp³-hybridized carbons (Fsp3) is 0.632. The molecule has 132 valence electrons. The van der Waals surface area contributed by atoms with Crippen LogP contribution in [0.15, 0.2) is 0 Å². The summed E-state index contributed by atoms with van der Waals surface area (Å²) in [6, 6.07) is -0.0938. The number of rotatable bonds is 2. The maximum absolute atomic E-state index is 13.1. The van der Waals surface area contributed by atoms with Gasteiger partial charge in [0.15, 0.2) is 5.60 Å². The van der Waals surface area contributed by atoms with Gasteiger partial charge in [-0.15, -0.1) is 0 Å². The van der Waals surface area contributed by atoms with Gasteiger partial charge in [0.1, 0.15) is 11.5 Å². The van der Waals surface area contributed by atoms with Gasteiger partial charge in [0.2, 0.25) is 0 Å². The van der Waals surface area contributed by atoms with Gasteiger partial charge in [-0.3, -0.25) is 4.79 Å². The number of ether oxygens (including phenoxy) is 1. The largest absolute Gasteiger partial charge is 0.507 e. The first-order chi connectivity index (χ1) is 11.3. The summed E-state index contributed by atoms with van der Waals surface area (Å²) in [5.41, 5.74) is 2.63. The molecule has 0 aromatic heterocycles. The Morgan fingerprint density at radius 2 is 2.00 bits per heavy atom. The van der Waals surface area contributed by atoms with Crippen LogP contribution in [0.2, 0.25) is 0 Å². The highest BCUT2D eigenvalue weighted by molar-refractivity contribution is 5.86. The molecule has 1 aromatic rings. The number of carbonyl (C=O) groups excluding carboxylic acids is 1. The number of amides is 1. The van der Waals surface area contributed by atoms with E-state index in [-0.39, 0.29) is 18.6 Å². The number of phenolic OH excluding ortho intramolecular Hbond substituents is 1. The first-order valence-electron chi connectivity index (χ1n) is 8.72. The van der Waals surface area contributed by atoms with Crippen LogP contribution in [0.5, 0.6) is 11.5 Å². The summed E-state index contributed by atoms with van der Waals surface area (Å²) in [6.45, 7) is 8.23. The zero-order valence-electron chi connectivity index (χ0n) is 15.0. The highest BCUT2D eigenvalue weighted by Crippen LogP contribution is 2.44. The fourth-order valence-electron chi connectivity index (χ4n) is 3.99. The molecule has 0 spiro atoms. The second-order valence-electron chi connectivity index (χ2n) is 7.34. The molecule has 5 heteroatoms. The van der Waals surface area contributed by atoms with Crippen LogP contribution in [0.25, 0.3) is 0 Å². The Morgan fingerprint density at radius 1 is 1.29 bits per heavy atom. The molecule has 2 aliphatic heterocycles. The van der Waals surface area contributed by atoms with Crippen molar-refractivity contribution in [3.05, 3.63) is 22.3 Å². The number of benzene rings is 1. The average molecular weight is 333 g/mol. The van der Waals surface area contributed by atoms with Crippen LogP contribution < -0.4 is 4.74 Å². The van der Waals surface area contributed by atoms with Crippen molar-refractivity contribution >= 4 is 5.91 Å². The maximum Gasteiger partial charge on any atom is 0.266 e. The van der Waals surface area contributed by atoms with Crippen LogP contribution in [0.3, 0.4) is 0 Å². The molecule has 1 saturated heterocycles. The number of fused-ring (bicyclic) bond motifs is 1. The average Bonchev–Trinajstić information content (AvgIpc) is 3.05. The predicted octanol–water partition coefficient (Wildman–Crippen LogP) is 2.38. The summed E-state index contributed by atoms with van der Waals surface area (Å²) in [5, 5.41) is 19.8. The molecule has 2 unspecified atom stereocenters. The minimum atomic E-state index is -0.911. The molecule has 0 bridgehead atoms. The Bertz CT molecular complexity index is 685. The van der Waals surface area contributed by atoms with Gasteiger partial charge in [-0.1, -0.05) is 0 Å². The van der Waals surface area contributed by atoms with Crippen LogP contribution in [0.1, 0.15) is 48.4 Å². The molecule has 3 rings (SSSR count). The highest BCUT2D eigenvalue weighted by Gasteiger charge is 2.45. The van der Waals surface area contributed by atoms with Gasteiger partial charge < -0.3 is 19.8 Å². The monoisotopic (exact) mass is 333 g/mol. The van der Waals surface area contributed by atoms with Crippen molar-refractivity contribution in [3.63, 3.8) is 0 Å². The van der Waals surface area contributed by atoms with Crippen molar-refractivity contribution in [3.8, 4) is 11.5 Å². The Morgan fingerprint density at radius 3 is 2.67 bits per heavy atom. The first-order valence-corrected chi connectivity index (χ1v) is 8.72. The number of aliphatic hydroxyl groups excluding tert-OH is 1. The van der Waals surface area contributed by atoms with Gasteiger partial charge in [0, 0.05) is 18.5 Å². The third-order valence-corrected chi connectivity index (χ3v) is 5.82. The topological polar surface area (TPSA) is 70.0 Å². The van der Waals surface area contributed by atoms with Crippen LogP contribution in [-0.2, 0) is 11.2 Å². The molecule has 2 atom stereocenters. The number of phenols is 1. The first kappa shape index (κ1) is 17.1. The van der Waals surface area contributed by atoms with Crippen molar-refractivity contribution in [2.75, 3.05) is 13.2 Å². The van der Waals surface area contributed by atoms with Gasteiger partial charge in [-0.25, -0.2) is 0 Å². The van der Waals surface area contributed by atoms with E-state index >= 15 is 0 Å². The van der Waals surface area contributed by atoms with Crippen LogP contribution >= 0.6 is 0 Å². The number of hydrogen-bond donors (Lipinski definition) is 2. The number of hydrogen-bond acceptors (Lipinski definition) is 4. The Labute approximate surface area is 143 Å². The molecule has 0 radical (unpaired) electrons. The van der Waals surface area contributed by atoms with Gasteiger partial charge in [0.25, 0.3) is 5.91 Å². The van der Waals surface area contributed by atoms with E-state index in [1.165, 1.54) is 0 Å². The fourth-order valence-corrected chi connectivity index (χ4v) is 3.99. The van der Waals surface area contributed by atoms with Crippen LogP contribution in [0, 0.1) is 20.8 Å². The van der Waals surface area contributed by atoms with E-state index in [1.54, 1.807) is 4.90 Å². The normalized spacial score (nSPS) is 26.2. The second kappa shape index (κ2) is 5.96. The lowest BCUT2D eigenvalue weighted by Gasteiger charge is -2.40. The Balaban J connectivity index is 1.95. The number of nitrogens with zero attached hydrogens (tertiary/aromatic N) is 1. The van der Waals surface area contributed by atoms with Gasteiger partial charge in [0.05, 0.1) is 12.6 Å². The molecule has 0 saturated carbocycles. The van der Waals surface area contributed by atoms with Gasteiger partial charge in [-0.2, -0.15) is 0 Å². The molecule has 2 aliphatic rings. The predicted molar refractivity (Wildman–Crippen MR) is 91.5 cm³/mol.